The molecule has 0 aliphatic rings. The van der Waals surface area contributed by atoms with Crippen molar-refractivity contribution in [2.45, 2.75) is 6.43 Å². The van der Waals surface area contributed by atoms with E-state index in [2.05, 4.69) is 0 Å². The van der Waals surface area contributed by atoms with E-state index in [1.54, 1.807) is 12.1 Å². The molecule has 0 amide bonds. The molecule has 14 heavy (non-hydrogen) atoms. The van der Waals surface area contributed by atoms with Gasteiger partial charge in [0.15, 0.2) is 0 Å². The van der Waals surface area contributed by atoms with Gasteiger partial charge < -0.3 is 0 Å². The lowest BCUT2D eigenvalue weighted by molar-refractivity contribution is 0.150. The standard InChI is InChI=1S/C11H7F2I/c12-11(13)9-5-7-3-1-2-4-8(7)6-10(9)14/h1-6,11H. The topological polar surface area (TPSA) is 0 Å². The van der Waals surface area contributed by atoms with Gasteiger partial charge in [0.1, 0.15) is 0 Å². The van der Waals surface area contributed by atoms with E-state index in [0.717, 1.165) is 10.8 Å². The molecule has 3 heteroatoms. The summed E-state index contributed by atoms with van der Waals surface area (Å²) < 4.78 is 25.7. The molecule has 0 aliphatic carbocycles. The van der Waals surface area contributed by atoms with Crippen LogP contribution in [0.3, 0.4) is 0 Å². The Bertz CT molecular complexity index is 466. The lowest BCUT2D eigenvalue weighted by Crippen LogP contribution is -1.89. The average molecular weight is 304 g/mol. The lowest BCUT2D eigenvalue weighted by Gasteiger charge is -2.05. The Hall–Kier alpha value is -0.710. The highest BCUT2D eigenvalue weighted by atomic mass is 127. The van der Waals surface area contributed by atoms with Crippen LogP contribution in [0.1, 0.15) is 12.0 Å². The summed E-state index contributed by atoms with van der Waals surface area (Å²) in [4.78, 5) is 0. The molecule has 2 rings (SSSR count). The molecule has 0 bridgehead atoms. The van der Waals surface area contributed by atoms with E-state index in [-0.39, 0.29) is 5.56 Å². The van der Waals surface area contributed by atoms with Crippen molar-refractivity contribution in [1.29, 1.82) is 0 Å². The number of hydrogen-bond donors (Lipinski definition) is 0. The van der Waals surface area contributed by atoms with Gasteiger partial charge in [-0.2, -0.15) is 0 Å². The first kappa shape index (κ1) is 9.83. The highest BCUT2D eigenvalue weighted by Crippen LogP contribution is 2.28. The van der Waals surface area contributed by atoms with Crippen LogP contribution in [-0.4, -0.2) is 0 Å². The van der Waals surface area contributed by atoms with Gasteiger partial charge in [-0.25, -0.2) is 8.78 Å². The predicted octanol–water partition coefficient (Wildman–Crippen LogP) is 4.38. The Balaban J connectivity index is 2.71. The summed E-state index contributed by atoms with van der Waals surface area (Å²) >= 11 is 1.94. The second kappa shape index (κ2) is 3.81. The number of fused-ring (bicyclic) bond motifs is 1. The molecule has 0 spiro atoms. The largest absolute Gasteiger partial charge is 0.264 e. The first-order chi connectivity index (χ1) is 6.68. The quantitative estimate of drug-likeness (QED) is 0.686. The van der Waals surface area contributed by atoms with Gasteiger partial charge >= 0.3 is 0 Å². The third-order valence-electron chi connectivity index (χ3n) is 2.10. The predicted molar refractivity (Wildman–Crippen MR) is 61.6 cm³/mol. The summed E-state index contributed by atoms with van der Waals surface area (Å²) in [5.74, 6) is 0. The van der Waals surface area contributed by atoms with Crippen LogP contribution in [-0.2, 0) is 0 Å². The zero-order chi connectivity index (χ0) is 10.1. The molecule has 2 aromatic rings. The fraction of sp³-hybridized carbons (Fsp3) is 0.0909. The van der Waals surface area contributed by atoms with Gasteiger partial charge in [0.25, 0.3) is 6.43 Å². The molecular formula is C11H7F2I. The minimum Gasteiger partial charge on any atom is -0.205 e. The van der Waals surface area contributed by atoms with Crippen LogP contribution in [0.25, 0.3) is 10.8 Å². The molecule has 0 aliphatic heterocycles. The molecule has 0 radical (unpaired) electrons. The van der Waals surface area contributed by atoms with Crippen molar-refractivity contribution in [3.05, 3.63) is 45.5 Å². The Morgan fingerprint density at radius 1 is 1.00 bits per heavy atom. The zero-order valence-corrected chi connectivity index (χ0v) is 9.33. The van der Waals surface area contributed by atoms with Gasteiger partial charge in [-0.3, -0.25) is 0 Å². The number of alkyl halides is 2. The number of benzene rings is 2. The Kier molecular flexibility index (Phi) is 2.67. The van der Waals surface area contributed by atoms with Gasteiger partial charge in [-0.15, -0.1) is 0 Å². The molecule has 0 aromatic heterocycles. The van der Waals surface area contributed by atoms with Crippen LogP contribution < -0.4 is 0 Å². The molecule has 0 saturated carbocycles. The highest BCUT2D eigenvalue weighted by molar-refractivity contribution is 14.1. The fourth-order valence-corrected chi connectivity index (χ4v) is 2.12. The van der Waals surface area contributed by atoms with Crippen molar-refractivity contribution >= 4 is 33.4 Å². The second-order valence-electron chi connectivity index (χ2n) is 3.02. The molecule has 2 aromatic carbocycles. The van der Waals surface area contributed by atoms with Crippen molar-refractivity contribution in [2.75, 3.05) is 0 Å². The van der Waals surface area contributed by atoms with E-state index in [9.17, 15) is 8.78 Å². The monoisotopic (exact) mass is 304 g/mol. The van der Waals surface area contributed by atoms with Gasteiger partial charge in [0, 0.05) is 9.13 Å². The summed E-state index contributed by atoms with van der Waals surface area (Å²) in [5.41, 5.74) is 0.115. The minimum atomic E-state index is -2.40. The Morgan fingerprint density at radius 2 is 1.57 bits per heavy atom. The number of halogens is 3. The van der Waals surface area contributed by atoms with E-state index >= 15 is 0 Å². The van der Waals surface area contributed by atoms with Crippen LogP contribution in [0.5, 0.6) is 0 Å². The van der Waals surface area contributed by atoms with Crippen molar-refractivity contribution in [2.24, 2.45) is 0 Å². The average Bonchev–Trinajstić information content (AvgIpc) is 2.16. The lowest BCUT2D eigenvalue weighted by atomic mass is 10.1. The van der Waals surface area contributed by atoms with Crippen LogP contribution in [0, 0.1) is 3.57 Å². The molecule has 72 valence electrons. The smallest absolute Gasteiger partial charge is 0.205 e. The summed E-state index contributed by atoms with van der Waals surface area (Å²) in [6.45, 7) is 0. The molecule has 0 heterocycles. The van der Waals surface area contributed by atoms with Crippen LogP contribution in [0.2, 0.25) is 0 Å². The maximum atomic E-state index is 12.6. The highest BCUT2D eigenvalue weighted by Gasteiger charge is 2.11. The second-order valence-corrected chi connectivity index (χ2v) is 4.18. The van der Waals surface area contributed by atoms with E-state index in [1.807, 2.05) is 46.9 Å². The first-order valence-corrected chi connectivity index (χ1v) is 5.22. The molecule has 0 unspecified atom stereocenters. The Morgan fingerprint density at radius 3 is 2.14 bits per heavy atom. The Labute approximate surface area is 94.1 Å². The molecule has 0 N–H and O–H groups in total. The normalized spacial score (nSPS) is 11.1. The third-order valence-corrected chi connectivity index (χ3v) is 3.03. The maximum Gasteiger partial charge on any atom is 0.264 e. The van der Waals surface area contributed by atoms with Crippen molar-refractivity contribution in [1.82, 2.24) is 0 Å². The van der Waals surface area contributed by atoms with Crippen molar-refractivity contribution in [3.63, 3.8) is 0 Å². The van der Waals surface area contributed by atoms with Gasteiger partial charge in [0.2, 0.25) is 0 Å². The van der Waals surface area contributed by atoms with E-state index in [0.29, 0.717) is 3.57 Å². The van der Waals surface area contributed by atoms with E-state index < -0.39 is 6.43 Å². The molecular weight excluding hydrogens is 297 g/mol. The summed E-state index contributed by atoms with van der Waals surface area (Å²) in [7, 11) is 0. The SMILES string of the molecule is FC(F)c1cc2ccccc2cc1I. The first-order valence-electron chi connectivity index (χ1n) is 4.15. The van der Waals surface area contributed by atoms with Gasteiger partial charge in [0.05, 0.1) is 0 Å². The summed E-state index contributed by atoms with van der Waals surface area (Å²) in [6.07, 6.45) is -2.40. The number of rotatable bonds is 1. The third kappa shape index (κ3) is 1.73. The zero-order valence-electron chi connectivity index (χ0n) is 7.18. The molecule has 0 atom stereocenters. The van der Waals surface area contributed by atoms with Crippen LogP contribution >= 0.6 is 22.6 Å². The van der Waals surface area contributed by atoms with E-state index in [1.165, 1.54) is 0 Å². The summed E-state index contributed by atoms with van der Waals surface area (Å²) in [5, 5.41) is 1.87. The molecule has 0 fully saturated rings. The molecule has 0 saturated heterocycles. The van der Waals surface area contributed by atoms with Crippen molar-refractivity contribution in [3.8, 4) is 0 Å². The molecule has 0 nitrogen and oxygen atoms in total. The number of hydrogen-bond acceptors (Lipinski definition) is 0. The maximum absolute atomic E-state index is 12.6. The van der Waals surface area contributed by atoms with E-state index in [4.69, 9.17) is 0 Å². The minimum absolute atomic E-state index is 0.115. The fourth-order valence-electron chi connectivity index (χ4n) is 1.40. The van der Waals surface area contributed by atoms with Crippen LogP contribution in [0.15, 0.2) is 36.4 Å². The summed E-state index contributed by atoms with van der Waals surface area (Å²) in [6, 6.07) is 10.9. The van der Waals surface area contributed by atoms with Gasteiger partial charge in [-0.05, 0) is 45.5 Å². The van der Waals surface area contributed by atoms with Crippen LogP contribution in [0.4, 0.5) is 8.78 Å². The van der Waals surface area contributed by atoms with Crippen molar-refractivity contribution < 1.29 is 8.78 Å². The van der Waals surface area contributed by atoms with Gasteiger partial charge in [-0.1, -0.05) is 24.3 Å².